The molecule has 0 radical (unpaired) electrons. The van der Waals surface area contributed by atoms with Gasteiger partial charge in [-0.15, -0.1) is 0 Å². The van der Waals surface area contributed by atoms with Gasteiger partial charge in [0.15, 0.2) is 5.78 Å². The first-order valence-corrected chi connectivity index (χ1v) is 4.34. The summed E-state index contributed by atoms with van der Waals surface area (Å²) in [5.74, 6) is 0.0346. The second kappa shape index (κ2) is 2.89. The van der Waals surface area contributed by atoms with E-state index in [9.17, 15) is 4.79 Å². The molecule has 3 heteroatoms. The highest BCUT2D eigenvalue weighted by molar-refractivity contribution is 6.31. The van der Waals surface area contributed by atoms with E-state index in [1.165, 1.54) is 6.92 Å². The van der Waals surface area contributed by atoms with Crippen LogP contribution < -0.4 is 0 Å². The zero-order valence-electron chi connectivity index (χ0n) is 7.10. The summed E-state index contributed by atoms with van der Waals surface area (Å²) in [5, 5.41) is 1.68. The van der Waals surface area contributed by atoms with E-state index in [0.717, 1.165) is 10.9 Å². The van der Waals surface area contributed by atoms with Crippen LogP contribution in [-0.2, 0) is 0 Å². The zero-order valence-corrected chi connectivity index (χ0v) is 7.85. The second-order valence-electron chi connectivity index (χ2n) is 2.97. The SMILES string of the molecule is CC(=O)c1cc2ccc(Cl)cc2[nH]1. The standard InChI is InChI=1S/C10H8ClNO/c1-6(13)9-4-7-2-3-8(11)5-10(7)12-9/h2-5,12H,1H3. The highest BCUT2D eigenvalue weighted by Gasteiger charge is 2.04. The van der Waals surface area contributed by atoms with Crippen LogP contribution in [-0.4, -0.2) is 10.8 Å². The van der Waals surface area contributed by atoms with Gasteiger partial charge in [-0.3, -0.25) is 4.79 Å². The maximum absolute atomic E-state index is 11.0. The Kier molecular flexibility index (Phi) is 1.85. The number of benzene rings is 1. The lowest BCUT2D eigenvalue weighted by Crippen LogP contribution is -1.89. The Labute approximate surface area is 80.5 Å². The number of Topliss-reactive ketones (excluding diaryl/α,β-unsaturated/α-hetero) is 1. The maximum atomic E-state index is 11.0. The molecule has 0 unspecified atom stereocenters. The molecule has 1 aromatic carbocycles. The lowest BCUT2D eigenvalue weighted by atomic mass is 10.2. The number of carbonyl (C=O) groups excluding carboxylic acids is 1. The fourth-order valence-corrected chi connectivity index (χ4v) is 1.46. The summed E-state index contributed by atoms with van der Waals surface area (Å²) in [6.45, 7) is 1.53. The van der Waals surface area contributed by atoms with Crippen molar-refractivity contribution in [2.75, 3.05) is 0 Å². The molecule has 1 aromatic heterocycles. The largest absolute Gasteiger partial charge is 0.352 e. The Morgan fingerprint density at radius 3 is 2.85 bits per heavy atom. The molecule has 1 heterocycles. The lowest BCUT2D eigenvalue weighted by molar-refractivity contribution is 0.101. The van der Waals surface area contributed by atoms with Crippen LogP contribution in [0.3, 0.4) is 0 Å². The smallest absolute Gasteiger partial charge is 0.175 e. The zero-order chi connectivity index (χ0) is 9.42. The first kappa shape index (κ1) is 8.32. The van der Waals surface area contributed by atoms with Gasteiger partial charge in [-0.25, -0.2) is 0 Å². The average molecular weight is 194 g/mol. The van der Waals surface area contributed by atoms with Crippen LogP contribution in [0, 0.1) is 0 Å². The number of hydrogen-bond acceptors (Lipinski definition) is 1. The fraction of sp³-hybridized carbons (Fsp3) is 0.100. The molecule has 2 aromatic rings. The minimum absolute atomic E-state index is 0.0346. The van der Waals surface area contributed by atoms with Gasteiger partial charge in [-0.2, -0.15) is 0 Å². The van der Waals surface area contributed by atoms with Crippen LogP contribution in [0.2, 0.25) is 5.02 Å². The summed E-state index contributed by atoms with van der Waals surface area (Å²) >= 11 is 5.80. The molecule has 66 valence electrons. The van der Waals surface area contributed by atoms with E-state index in [1.54, 1.807) is 0 Å². The van der Waals surface area contributed by atoms with E-state index in [4.69, 9.17) is 11.6 Å². The number of rotatable bonds is 1. The first-order chi connectivity index (χ1) is 6.16. The molecule has 2 rings (SSSR count). The minimum Gasteiger partial charge on any atom is -0.352 e. The summed E-state index contributed by atoms with van der Waals surface area (Å²) in [4.78, 5) is 14.0. The average Bonchev–Trinajstić information content (AvgIpc) is 2.46. The van der Waals surface area contributed by atoms with Crippen molar-refractivity contribution in [3.63, 3.8) is 0 Å². The first-order valence-electron chi connectivity index (χ1n) is 3.96. The molecule has 0 atom stereocenters. The van der Waals surface area contributed by atoms with Crippen molar-refractivity contribution in [3.8, 4) is 0 Å². The highest BCUT2D eigenvalue weighted by atomic mass is 35.5. The highest BCUT2D eigenvalue weighted by Crippen LogP contribution is 2.19. The van der Waals surface area contributed by atoms with Crippen LogP contribution in [0.5, 0.6) is 0 Å². The number of carbonyl (C=O) groups is 1. The van der Waals surface area contributed by atoms with Crippen molar-refractivity contribution in [2.45, 2.75) is 6.92 Å². The Balaban J connectivity index is 2.68. The van der Waals surface area contributed by atoms with E-state index < -0.39 is 0 Å². The predicted molar refractivity (Wildman–Crippen MR) is 53.3 cm³/mol. The van der Waals surface area contributed by atoms with Crippen molar-refractivity contribution >= 4 is 28.3 Å². The molecular formula is C10H8ClNO. The molecule has 0 amide bonds. The van der Waals surface area contributed by atoms with Gasteiger partial charge < -0.3 is 4.98 Å². The molecule has 0 saturated carbocycles. The molecule has 0 saturated heterocycles. The summed E-state index contributed by atoms with van der Waals surface area (Å²) in [6, 6.07) is 7.33. The van der Waals surface area contributed by atoms with E-state index in [0.29, 0.717) is 10.7 Å². The van der Waals surface area contributed by atoms with Gasteiger partial charge in [-0.05, 0) is 18.2 Å². The van der Waals surface area contributed by atoms with E-state index >= 15 is 0 Å². The van der Waals surface area contributed by atoms with Crippen molar-refractivity contribution in [1.29, 1.82) is 0 Å². The van der Waals surface area contributed by atoms with E-state index in [1.807, 2.05) is 24.3 Å². The summed E-state index contributed by atoms with van der Waals surface area (Å²) in [6.07, 6.45) is 0. The molecule has 0 aliphatic heterocycles. The van der Waals surface area contributed by atoms with Gasteiger partial charge in [0.1, 0.15) is 0 Å². The molecule has 2 nitrogen and oxygen atoms in total. The molecule has 13 heavy (non-hydrogen) atoms. The number of hydrogen-bond donors (Lipinski definition) is 1. The molecule has 0 aliphatic carbocycles. The van der Waals surface area contributed by atoms with Crippen molar-refractivity contribution in [2.24, 2.45) is 0 Å². The van der Waals surface area contributed by atoms with Crippen molar-refractivity contribution < 1.29 is 4.79 Å². The maximum Gasteiger partial charge on any atom is 0.175 e. The topological polar surface area (TPSA) is 32.9 Å². The number of H-pyrrole nitrogens is 1. The van der Waals surface area contributed by atoms with Gasteiger partial charge in [0, 0.05) is 22.8 Å². The molecule has 0 fully saturated rings. The Hall–Kier alpha value is -1.28. The lowest BCUT2D eigenvalue weighted by Gasteiger charge is -1.89. The van der Waals surface area contributed by atoms with Gasteiger partial charge >= 0.3 is 0 Å². The third-order valence-electron chi connectivity index (χ3n) is 1.96. The van der Waals surface area contributed by atoms with Gasteiger partial charge in [0.05, 0.1) is 5.69 Å². The summed E-state index contributed by atoms with van der Waals surface area (Å²) in [7, 11) is 0. The van der Waals surface area contributed by atoms with Crippen LogP contribution in [0.1, 0.15) is 17.4 Å². The minimum atomic E-state index is 0.0346. The monoisotopic (exact) mass is 193 g/mol. The third-order valence-corrected chi connectivity index (χ3v) is 2.20. The van der Waals surface area contributed by atoms with Crippen LogP contribution in [0.4, 0.5) is 0 Å². The van der Waals surface area contributed by atoms with E-state index in [-0.39, 0.29) is 5.78 Å². The van der Waals surface area contributed by atoms with Crippen LogP contribution in [0.25, 0.3) is 10.9 Å². The molecule has 0 bridgehead atoms. The number of fused-ring (bicyclic) bond motifs is 1. The van der Waals surface area contributed by atoms with Crippen LogP contribution in [0.15, 0.2) is 24.3 Å². The molecule has 0 aliphatic rings. The van der Waals surface area contributed by atoms with Crippen molar-refractivity contribution in [1.82, 2.24) is 4.98 Å². The fourth-order valence-electron chi connectivity index (χ4n) is 1.29. The number of aromatic amines is 1. The predicted octanol–water partition coefficient (Wildman–Crippen LogP) is 3.02. The Morgan fingerprint density at radius 1 is 1.38 bits per heavy atom. The normalized spacial score (nSPS) is 10.6. The van der Waals surface area contributed by atoms with Gasteiger partial charge in [0.25, 0.3) is 0 Å². The van der Waals surface area contributed by atoms with Crippen molar-refractivity contribution in [3.05, 3.63) is 35.0 Å². The van der Waals surface area contributed by atoms with E-state index in [2.05, 4.69) is 4.98 Å². The van der Waals surface area contributed by atoms with Crippen LogP contribution >= 0.6 is 11.6 Å². The Morgan fingerprint density at radius 2 is 2.15 bits per heavy atom. The molecule has 0 spiro atoms. The Bertz CT molecular complexity index is 473. The third kappa shape index (κ3) is 1.45. The number of halogens is 1. The number of ketones is 1. The molecule has 1 N–H and O–H groups in total. The number of aromatic nitrogens is 1. The van der Waals surface area contributed by atoms with Gasteiger partial charge in [0.2, 0.25) is 0 Å². The number of nitrogens with one attached hydrogen (secondary N) is 1. The quantitative estimate of drug-likeness (QED) is 0.694. The summed E-state index contributed by atoms with van der Waals surface area (Å²) < 4.78 is 0. The molecular weight excluding hydrogens is 186 g/mol. The summed E-state index contributed by atoms with van der Waals surface area (Å²) in [5.41, 5.74) is 1.52. The van der Waals surface area contributed by atoms with Gasteiger partial charge in [-0.1, -0.05) is 17.7 Å². The second-order valence-corrected chi connectivity index (χ2v) is 3.41.